The third kappa shape index (κ3) is 2.29. The normalized spacial score (nSPS) is 16.2. The van der Waals surface area contributed by atoms with Crippen molar-refractivity contribution >= 4 is 22.8 Å². The number of anilines is 1. The Bertz CT molecular complexity index is 758. The second kappa shape index (κ2) is 4.80. The van der Waals surface area contributed by atoms with Crippen molar-refractivity contribution in [3.05, 3.63) is 29.0 Å². The number of nitrogens with one attached hydrogen (secondary N) is 1. The smallest absolute Gasteiger partial charge is 0.186 e. The zero-order chi connectivity index (χ0) is 14.3. The first-order chi connectivity index (χ1) is 10.3. The lowest BCUT2D eigenvalue weighted by molar-refractivity contribution is 0.520. The van der Waals surface area contributed by atoms with E-state index >= 15 is 0 Å². The summed E-state index contributed by atoms with van der Waals surface area (Å²) in [6.07, 6.45) is 3.88. The van der Waals surface area contributed by atoms with Crippen molar-refractivity contribution in [2.75, 3.05) is 11.9 Å². The first-order valence-corrected chi connectivity index (χ1v) is 8.23. The molecule has 1 aliphatic rings. The highest BCUT2D eigenvalue weighted by atomic mass is 32.1. The van der Waals surface area contributed by atoms with E-state index in [0.717, 1.165) is 29.4 Å². The third-order valence-electron chi connectivity index (χ3n) is 4.39. The van der Waals surface area contributed by atoms with Gasteiger partial charge >= 0.3 is 0 Å². The summed E-state index contributed by atoms with van der Waals surface area (Å²) < 4.78 is 1.82. The summed E-state index contributed by atoms with van der Waals surface area (Å²) in [5.74, 6) is 1.69. The fraction of sp³-hybridized carbons (Fsp3) is 0.400. The lowest BCUT2D eigenvalue weighted by Gasteiger charge is -2.13. The molecule has 0 saturated heterocycles. The average Bonchev–Trinajstić information content (AvgIpc) is 2.92. The van der Waals surface area contributed by atoms with Gasteiger partial charge in [-0.05, 0) is 48.3 Å². The van der Waals surface area contributed by atoms with Crippen molar-refractivity contribution in [3.8, 4) is 11.4 Å². The van der Waals surface area contributed by atoms with Crippen LogP contribution in [0.4, 0.5) is 5.82 Å². The zero-order valence-electron chi connectivity index (χ0n) is 11.9. The molecule has 1 fully saturated rings. The number of fused-ring (bicyclic) bond motifs is 1. The Morgan fingerprint density at radius 3 is 2.90 bits per heavy atom. The Labute approximate surface area is 127 Å². The molecule has 108 valence electrons. The molecule has 1 saturated carbocycles. The van der Waals surface area contributed by atoms with Gasteiger partial charge in [0, 0.05) is 17.5 Å². The Kier molecular flexibility index (Phi) is 2.92. The molecule has 3 aromatic heterocycles. The number of aromatic nitrogens is 4. The van der Waals surface area contributed by atoms with E-state index in [9.17, 15) is 0 Å². The maximum absolute atomic E-state index is 4.64. The summed E-state index contributed by atoms with van der Waals surface area (Å²) in [5, 5.41) is 20.6. The van der Waals surface area contributed by atoms with E-state index in [0.29, 0.717) is 5.41 Å². The number of thiophene rings is 1. The molecule has 0 aromatic carbocycles. The fourth-order valence-corrected chi connectivity index (χ4v) is 3.20. The van der Waals surface area contributed by atoms with E-state index in [1.807, 2.05) is 28.1 Å². The fourth-order valence-electron chi connectivity index (χ4n) is 2.57. The molecule has 6 heteroatoms. The summed E-state index contributed by atoms with van der Waals surface area (Å²) in [6, 6.07) is 5.98. The Balaban J connectivity index is 1.64. The monoisotopic (exact) mass is 299 g/mol. The van der Waals surface area contributed by atoms with Gasteiger partial charge < -0.3 is 5.32 Å². The van der Waals surface area contributed by atoms with E-state index in [2.05, 4.69) is 32.9 Å². The molecule has 0 aliphatic heterocycles. The molecule has 0 radical (unpaired) electrons. The zero-order valence-corrected chi connectivity index (χ0v) is 12.7. The van der Waals surface area contributed by atoms with Gasteiger partial charge in [-0.1, -0.05) is 6.92 Å². The molecule has 3 heterocycles. The van der Waals surface area contributed by atoms with E-state index in [-0.39, 0.29) is 0 Å². The summed E-state index contributed by atoms with van der Waals surface area (Å²) in [6.45, 7) is 3.26. The molecule has 3 aromatic rings. The third-order valence-corrected chi connectivity index (χ3v) is 5.08. The van der Waals surface area contributed by atoms with Gasteiger partial charge in [0.1, 0.15) is 5.82 Å². The van der Waals surface area contributed by atoms with E-state index in [1.165, 1.54) is 19.3 Å². The molecule has 4 rings (SSSR count). The van der Waals surface area contributed by atoms with Crippen LogP contribution in [-0.4, -0.2) is 26.4 Å². The second-order valence-corrected chi connectivity index (χ2v) is 6.51. The standard InChI is InChI=1S/C15H17N5S/c1-2-15(6-7-15)10-16-12-3-4-13-17-18-14(20(13)19-12)11-5-8-21-9-11/h3-5,8-9H,2,6-7,10H2,1H3,(H,16,19). The van der Waals surface area contributed by atoms with Gasteiger partial charge in [-0.2, -0.15) is 15.9 Å². The van der Waals surface area contributed by atoms with Crippen LogP contribution in [-0.2, 0) is 0 Å². The predicted octanol–water partition coefficient (Wildman–Crippen LogP) is 3.45. The molecule has 1 aliphatic carbocycles. The molecule has 1 N–H and O–H groups in total. The number of hydrogen-bond donors (Lipinski definition) is 1. The highest BCUT2D eigenvalue weighted by Gasteiger charge is 2.40. The Hall–Kier alpha value is -1.95. The van der Waals surface area contributed by atoms with Crippen LogP contribution in [0.3, 0.4) is 0 Å². The Morgan fingerprint density at radius 1 is 1.29 bits per heavy atom. The van der Waals surface area contributed by atoms with Gasteiger partial charge in [0.25, 0.3) is 0 Å². The first kappa shape index (κ1) is 12.8. The summed E-state index contributed by atoms with van der Waals surface area (Å²) >= 11 is 1.65. The predicted molar refractivity (Wildman–Crippen MR) is 84.5 cm³/mol. The molecule has 0 spiro atoms. The first-order valence-electron chi connectivity index (χ1n) is 7.29. The lowest BCUT2D eigenvalue weighted by Crippen LogP contribution is -2.15. The lowest BCUT2D eigenvalue weighted by atomic mass is 10.0. The van der Waals surface area contributed by atoms with Crippen molar-refractivity contribution in [1.82, 2.24) is 19.8 Å². The maximum Gasteiger partial charge on any atom is 0.186 e. The SMILES string of the molecule is CCC1(CNc2ccc3nnc(-c4ccsc4)n3n2)CC1. The van der Waals surface area contributed by atoms with Gasteiger partial charge in [-0.3, -0.25) is 0 Å². The highest BCUT2D eigenvalue weighted by Crippen LogP contribution is 2.48. The molecule has 0 unspecified atom stereocenters. The van der Waals surface area contributed by atoms with E-state index < -0.39 is 0 Å². The van der Waals surface area contributed by atoms with Crippen LogP contribution in [0.2, 0.25) is 0 Å². The van der Waals surface area contributed by atoms with Crippen LogP contribution < -0.4 is 5.32 Å². The van der Waals surface area contributed by atoms with E-state index in [1.54, 1.807) is 11.3 Å². The summed E-state index contributed by atoms with van der Waals surface area (Å²) in [4.78, 5) is 0. The molecule has 0 bridgehead atoms. The van der Waals surface area contributed by atoms with Crippen LogP contribution in [0, 0.1) is 5.41 Å². The van der Waals surface area contributed by atoms with Gasteiger partial charge in [-0.25, -0.2) is 0 Å². The van der Waals surface area contributed by atoms with Crippen LogP contribution in [0.5, 0.6) is 0 Å². The topological polar surface area (TPSA) is 55.1 Å². The van der Waals surface area contributed by atoms with E-state index in [4.69, 9.17) is 0 Å². The van der Waals surface area contributed by atoms with Crippen molar-refractivity contribution in [2.24, 2.45) is 5.41 Å². The Morgan fingerprint density at radius 2 is 2.19 bits per heavy atom. The number of nitrogens with zero attached hydrogens (tertiary/aromatic N) is 4. The summed E-state index contributed by atoms with van der Waals surface area (Å²) in [5.41, 5.74) is 2.34. The minimum absolute atomic E-state index is 0.500. The van der Waals surface area contributed by atoms with Crippen molar-refractivity contribution in [3.63, 3.8) is 0 Å². The maximum atomic E-state index is 4.64. The molecule has 0 atom stereocenters. The highest BCUT2D eigenvalue weighted by molar-refractivity contribution is 7.08. The molecular formula is C15H17N5S. The van der Waals surface area contributed by atoms with Crippen LogP contribution in [0.25, 0.3) is 17.0 Å². The molecule has 21 heavy (non-hydrogen) atoms. The second-order valence-electron chi connectivity index (χ2n) is 5.73. The van der Waals surface area contributed by atoms with Crippen LogP contribution >= 0.6 is 11.3 Å². The average molecular weight is 299 g/mol. The molecule has 0 amide bonds. The molecular weight excluding hydrogens is 282 g/mol. The van der Waals surface area contributed by atoms with Gasteiger partial charge in [-0.15, -0.1) is 15.3 Å². The van der Waals surface area contributed by atoms with Gasteiger partial charge in [0.2, 0.25) is 0 Å². The quantitative estimate of drug-likeness (QED) is 0.784. The number of rotatable bonds is 5. The molecule has 5 nitrogen and oxygen atoms in total. The van der Waals surface area contributed by atoms with Gasteiger partial charge in [0.05, 0.1) is 0 Å². The van der Waals surface area contributed by atoms with Gasteiger partial charge in [0.15, 0.2) is 11.5 Å². The minimum atomic E-state index is 0.500. The van der Waals surface area contributed by atoms with Crippen LogP contribution in [0.1, 0.15) is 26.2 Å². The summed E-state index contributed by atoms with van der Waals surface area (Å²) in [7, 11) is 0. The van der Waals surface area contributed by atoms with Crippen molar-refractivity contribution in [2.45, 2.75) is 26.2 Å². The van der Waals surface area contributed by atoms with Crippen molar-refractivity contribution in [1.29, 1.82) is 0 Å². The van der Waals surface area contributed by atoms with Crippen molar-refractivity contribution < 1.29 is 0 Å². The minimum Gasteiger partial charge on any atom is -0.368 e. The number of hydrogen-bond acceptors (Lipinski definition) is 5. The van der Waals surface area contributed by atoms with Crippen LogP contribution in [0.15, 0.2) is 29.0 Å². The largest absolute Gasteiger partial charge is 0.368 e.